The molecule has 3 rings (SSSR count). The third-order valence-electron chi connectivity index (χ3n) is 10.5. The normalized spacial score (nSPS) is 17.6. The highest BCUT2D eigenvalue weighted by Gasteiger charge is 2.38. The molecule has 21 nitrogen and oxygen atoms in total. The molecule has 3 heterocycles. The molecule has 66 heavy (non-hydrogen) atoms. The minimum absolute atomic E-state index is 0.0510. The molecule has 23 heteroatoms. The van der Waals surface area contributed by atoms with E-state index in [0.717, 1.165) is 4.88 Å². The maximum absolute atomic E-state index is 14.0. The van der Waals surface area contributed by atoms with Gasteiger partial charge in [-0.2, -0.15) is 0 Å². The average Bonchev–Trinajstić information content (AvgIpc) is 4.02. The van der Waals surface area contributed by atoms with Gasteiger partial charge < -0.3 is 56.4 Å². The van der Waals surface area contributed by atoms with E-state index >= 15 is 0 Å². The van der Waals surface area contributed by atoms with Gasteiger partial charge in [0.05, 0.1) is 55.9 Å². The molecule has 7 atom stereocenters. The number of phosphoric acid groups is 1. The minimum Gasteiger partial charge on any atom is -0.394 e. The number of carbonyl (C=O) groups is 6. The van der Waals surface area contributed by atoms with Crippen LogP contribution in [0, 0.1) is 5.92 Å². The van der Waals surface area contributed by atoms with E-state index in [1.54, 1.807) is 0 Å². The fourth-order valence-corrected chi connectivity index (χ4v) is 8.61. The highest BCUT2D eigenvalue weighted by Crippen LogP contribution is 2.45. The van der Waals surface area contributed by atoms with Gasteiger partial charge >= 0.3 is 7.82 Å². The number of nitrogens with one attached hydrogen (secondary N) is 5. The van der Waals surface area contributed by atoms with Crippen LogP contribution in [0.4, 0.5) is 0 Å². The number of hydrogen-bond donors (Lipinski definition) is 8. The number of phosphoric ester groups is 1. The van der Waals surface area contributed by atoms with Crippen LogP contribution in [0.3, 0.4) is 0 Å². The first-order valence-electron chi connectivity index (χ1n) is 22.2. The fraction of sp³-hybridized carbons (Fsp3) is 0.698. The SMILES string of the molecule is CC(C)C[C@H](NC(=O)[C@@H]1CCCN1C(=O)CCOC(C)(C)CCOC(C)(C)C)C(=O)N[C@@H](Cc1cnc[nH]1)C(=O)N[C@@H](CO)C(=O)N[C@H](CC(N)=O)[C@@H](C)OP(=O)(O)OCCc1cccs1. The molecule has 2 aromatic heterocycles. The lowest BCUT2D eigenvalue weighted by Crippen LogP contribution is -2.60. The largest absolute Gasteiger partial charge is 0.472 e. The number of nitrogens with zero attached hydrogens (tertiary/aromatic N) is 2. The van der Waals surface area contributed by atoms with Crippen molar-refractivity contribution in [2.45, 2.75) is 154 Å². The van der Waals surface area contributed by atoms with Crippen LogP contribution in [-0.4, -0.2) is 141 Å². The van der Waals surface area contributed by atoms with Crippen LogP contribution < -0.4 is 27.0 Å². The summed E-state index contributed by atoms with van der Waals surface area (Å²) < 4.78 is 34.9. The predicted molar refractivity (Wildman–Crippen MR) is 244 cm³/mol. The van der Waals surface area contributed by atoms with Crippen LogP contribution in [0.1, 0.15) is 104 Å². The Hall–Kier alpha value is -4.28. The van der Waals surface area contributed by atoms with Gasteiger partial charge in [-0.1, -0.05) is 19.9 Å². The number of likely N-dealkylation sites (tertiary alicyclic amines) is 1. The second-order valence-corrected chi connectivity index (χ2v) is 20.8. The van der Waals surface area contributed by atoms with Gasteiger partial charge in [-0.3, -0.25) is 37.8 Å². The van der Waals surface area contributed by atoms with Gasteiger partial charge in [0, 0.05) is 49.2 Å². The van der Waals surface area contributed by atoms with E-state index < -0.39 is 92.3 Å². The summed E-state index contributed by atoms with van der Waals surface area (Å²) in [4.78, 5) is 100. The number of imidazole rings is 1. The number of hydrogen-bond acceptors (Lipinski definition) is 14. The first-order chi connectivity index (χ1) is 30.9. The predicted octanol–water partition coefficient (Wildman–Crippen LogP) is 2.01. The molecular weight excluding hydrogens is 900 g/mol. The Morgan fingerprint density at radius 3 is 2.26 bits per heavy atom. The second kappa shape index (κ2) is 26.3. The van der Waals surface area contributed by atoms with Gasteiger partial charge in [-0.15, -0.1) is 11.3 Å². The number of rotatable bonds is 29. The molecule has 6 amide bonds. The Balaban J connectivity index is 1.68. The smallest absolute Gasteiger partial charge is 0.394 e. The number of aliphatic hydroxyl groups is 1. The maximum atomic E-state index is 14.0. The first kappa shape index (κ1) is 56.0. The molecule has 1 unspecified atom stereocenters. The molecule has 0 bridgehead atoms. The fourth-order valence-electron chi connectivity index (χ4n) is 6.97. The summed E-state index contributed by atoms with van der Waals surface area (Å²) in [5, 5.41) is 22.4. The molecule has 0 radical (unpaired) electrons. The summed E-state index contributed by atoms with van der Waals surface area (Å²) in [6.45, 7) is 14.7. The highest BCUT2D eigenvalue weighted by molar-refractivity contribution is 7.47. The van der Waals surface area contributed by atoms with Gasteiger partial charge in [-0.05, 0) is 84.6 Å². The Morgan fingerprint density at radius 1 is 0.970 bits per heavy atom. The molecule has 0 aliphatic carbocycles. The van der Waals surface area contributed by atoms with E-state index in [4.69, 9.17) is 24.3 Å². The van der Waals surface area contributed by atoms with Gasteiger partial charge in [0.2, 0.25) is 35.4 Å². The highest BCUT2D eigenvalue weighted by atomic mass is 32.1. The minimum atomic E-state index is -4.69. The number of thiophene rings is 1. The number of ether oxygens (including phenoxy) is 2. The quantitative estimate of drug-likeness (QED) is 0.0542. The van der Waals surface area contributed by atoms with E-state index in [9.17, 15) is 43.3 Å². The number of nitrogens with two attached hydrogens (primary N) is 1. The number of carbonyl (C=O) groups excluding carboxylic acids is 6. The molecule has 1 aliphatic rings. The van der Waals surface area contributed by atoms with Crippen molar-refractivity contribution in [3.8, 4) is 0 Å². The van der Waals surface area contributed by atoms with Crippen molar-refractivity contribution >= 4 is 54.6 Å². The van der Waals surface area contributed by atoms with Crippen molar-refractivity contribution in [1.29, 1.82) is 0 Å². The number of aromatic amines is 1. The molecule has 9 N–H and O–H groups in total. The molecule has 372 valence electrons. The molecule has 2 aromatic rings. The lowest BCUT2D eigenvalue weighted by Gasteiger charge is -2.30. The topological polar surface area (TPSA) is 303 Å². The van der Waals surface area contributed by atoms with Crippen molar-refractivity contribution in [3.05, 3.63) is 40.6 Å². The van der Waals surface area contributed by atoms with E-state index in [0.29, 0.717) is 44.5 Å². The van der Waals surface area contributed by atoms with Crippen molar-refractivity contribution in [2.75, 3.05) is 33.0 Å². The van der Waals surface area contributed by atoms with Crippen LogP contribution >= 0.6 is 19.2 Å². The van der Waals surface area contributed by atoms with E-state index in [2.05, 4.69) is 31.2 Å². The van der Waals surface area contributed by atoms with E-state index in [1.807, 2.05) is 66.0 Å². The third kappa shape index (κ3) is 20.3. The van der Waals surface area contributed by atoms with Crippen LogP contribution in [0.15, 0.2) is 30.0 Å². The van der Waals surface area contributed by atoms with E-state index in [1.165, 1.54) is 35.7 Å². The third-order valence-corrected chi connectivity index (χ3v) is 12.5. The van der Waals surface area contributed by atoms with Crippen molar-refractivity contribution in [3.63, 3.8) is 0 Å². The first-order valence-corrected chi connectivity index (χ1v) is 24.6. The molecule has 1 aliphatic heterocycles. The summed E-state index contributed by atoms with van der Waals surface area (Å²) in [6.07, 6.45) is 2.90. The summed E-state index contributed by atoms with van der Waals surface area (Å²) >= 11 is 1.44. The van der Waals surface area contributed by atoms with Gasteiger partial charge in [0.1, 0.15) is 24.2 Å². The Morgan fingerprint density at radius 2 is 1.65 bits per heavy atom. The lowest BCUT2D eigenvalue weighted by atomic mass is 10.0. The van der Waals surface area contributed by atoms with Crippen molar-refractivity contribution in [1.82, 2.24) is 36.1 Å². The van der Waals surface area contributed by atoms with E-state index in [-0.39, 0.29) is 49.9 Å². The van der Waals surface area contributed by atoms with Crippen LogP contribution in [0.5, 0.6) is 0 Å². The van der Waals surface area contributed by atoms with Crippen molar-refractivity contribution in [2.24, 2.45) is 11.7 Å². The van der Waals surface area contributed by atoms with Gasteiger partial charge in [0.25, 0.3) is 0 Å². The standard InChI is InChI=1S/C43H71N8O13PS/c1-27(2)21-32(49-41(58)35-12-9-16-51(35)37(54)14-17-62-43(7,8)15-19-61-42(4,5)6)38(55)48-33(22-29-24-45-26-46-29)39(56)50-34(25-52)40(57)47-31(23-36(44)53)28(3)64-65(59,60)63-18-13-30-11-10-20-66-30/h10-11,20,24,26-28,31-35,52H,9,12-19,21-23,25H2,1-8H3,(H2,44,53)(H,45,46)(H,47,57)(H,48,55)(H,49,58)(H,50,56)(H,59,60)/t28-,31-,32+,33+,34+,35+/m1/s1. The molecule has 1 saturated heterocycles. The molecular formula is C43H71N8O13PS. The Labute approximate surface area is 391 Å². The lowest BCUT2D eigenvalue weighted by molar-refractivity contribution is -0.141. The summed E-state index contributed by atoms with van der Waals surface area (Å²) in [6, 6.07) is -2.66. The number of aromatic nitrogens is 2. The second-order valence-electron chi connectivity index (χ2n) is 18.3. The Kier molecular flexibility index (Phi) is 22.3. The summed E-state index contributed by atoms with van der Waals surface area (Å²) in [7, 11) is -4.69. The maximum Gasteiger partial charge on any atom is 0.472 e. The number of aliphatic hydroxyl groups excluding tert-OH is 1. The zero-order chi connectivity index (χ0) is 49.2. The monoisotopic (exact) mass is 970 g/mol. The number of H-pyrrole nitrogens is 1. The van der Waals surface area contributed by atoms with Gasteiger partial charge in [-0.25, -0.2) is 9.55 Å². The molecule has 0 saturated carbocycles. The number of amides is 6. The molecule has 0 aromatic carbocycles. The zero-order valence-electron chi connectivity index (χ0n) is 39.3. The van der Waals surface area contributed by atoms with Gasteiger partial charge in [0.15, 0.2) is 0 Å². The number of primary amides is 1. The van der Waals surface area contributed by atoms with Crippen LogP contribution in [0.2, 0.25) is 0 Å². The zero-order valence-corrected chi connectivity index (χ0v) is 41.0. The van der Waals surface area contributed by atoms with Crippen LogP contribution in [0.25, 0.3) is 0 Å². The molecule has 0 spiro atoms. The molecule has 1 fully saturated rings. The Bertz CT molecular complexity index is 1910. The summed E-state index contributed by atoms with van der Waals surface area (Å²) in [5.41, 5.74) is 5.01. The van der Waals surface area contributed by atoms with Crippen LogP contribution in [-0.2, 0) is 64.7 Å². The average molecular weight is 971 g/mol. The summed E-state index contributed by atoms with van der Waals surface area (Å²) in [5.74, 6) is -4.42. The van der Waals surface area contributed by atoms with Crippen molar-refractivity contribution < 1.29 is 61.9 Å².